The summed E-state index contributed by atoms with van der Waals surface area (Å²) in [5, 5.41) is 0. The summed E-state index contributed by atoms with van der Waals surface area (Å²) in [7, 11) is 0. The van der Waals surface area contributed by atoms with Crippen LogP contribution in [-0.2, 0) is 14.3 Å². The number of hydrogen-bond donors (Lipinski definition) is 0. The van der Waals surface area contributed by atoms with Gasteiger partial charge in [-0.25, -0.2) is 0 Å². The topological polar surface area (TPSA) is 43.4 Å². The van der Waals surface area contributed by atoms with Crippen LogP contribution in [0.15, 0.2) is 11.1 Å². The van der Waals surface area contributed by atoms with E-state index in [0.29, 0.717) is 17.6 Å². The Morgan fingerprint density at radius 2 is 1.89 bits per heavy atom. The summed E-state index contributed by atoms with van der Waals surface area (Å²) in [6, 6.07) is 0. The highest BCUT2D eigenvalue weighted by Gasteiger charge is 2.55. The van der Waals surface area contributed by atoms with Crippen LogP contribution in [0.4, 0.5) is 0 Å². The average molecular weight is 373 g/mol. The number of ketones is 1. The summed E-state index contributed by atoms with van der Waals surface area (Å²) in [4.78, 5) is 24.8. The maximum absolute atomic E-state index is 12.5. The van der Waals surface area contributed by atoms with E-state index >= 15 is 0 Å². The molecule has 6 atom stereocenters. The zero-order chi connectivity index (χ0) is 19.4. The van der Waals surface area contributed by atoms with E-state index in [2.05, 4.69) is 13.8 Å². The Morgan fingerprint density at radius 1 is 1.11 bits per heavy atom. The molecule has 27 heavy (non-hydrogen) atoms. The van der Waals surface area contributed by atoms with Gasteiger partial charge in [0.1, 0.15) is 11.9 Å². The lowest BCUT2D eigenvalue weighted by Gasteiger charge is -2.53. The van der Waals surface area contributed by atoms with E-state index < -0.39 is 0 Å². The molecule has 3 heteroatoms. The second-order valence-corrected chi connectivity index (χ2v) is 10.2. The standard InChI is InChI=1S/C24H36O3/c1-5-15(2)22(26)27-17-10-12-23(3)16(14-17)6-7-18-19-8-9-21(25)24(19,4)13-11-20(18)23/h15-17,19H,5-14H2,1-4H3. The van der Waals surface area contributed by atoms with Crippen molar-refractivity contribution in [2.75, 3.05) is 0 Å². The van der Waals surface area contributed by atoms with Gasteiger partial charge in [-0.2, -0.15) is 0 Å². The molecule has 150 valence electrons. The van der Waals surface area contributed by atoms with Gasteiger partial charge in [-0.05, 0) is 75.0 Å². The maximum atomic E-state index is 12.5. The van der Waals surface area contributed by atoms with Gasteiger partial charge < -0.3 is 4.74 Å². The molecular weight excluding hydrogens is 336 g/mol. The van der Waals surface area contributed by atoms with Crippen LogP contribution >= 0.6 is 0 Å². The molecule has 0 heterocycles. The van der Waals surface area contributed by atoms with E-state index in [1.54, 1.807) is 11.1 Å². The van der Waals surface area contributed by atoms with E-state index in [0.717, 1.165) is 57.8 Å². The van der Waals surface area contributed by atoms with E-state index in [1.165, 1.54) is 6.42 Å². The molecule has 4 aliphatic carbocycles. The van der Waals surface area contributed by atoms with Crippen LogP contribution in [0.3, 0.4) is 0 Å². The number of esters is 1. The van der Waals surface area contributed by atoms with Crippen molar-refractivity contribution in [1.29, 1.82) is 0 Å². The van der Waals surface area contributed by atoms with Crippen LogP contribution in [0.2, 0.25) is 0 Å². The number of Topliss-reactive ketones (excluding diaryl/α,β-unsaturated/α-hetero) is 1. The molecule has 4 rings (SSSR count). The van der Waals surface area contributed by atoms with Crippen LogP contribution in [0.25, 0.3) is 0 Å². The number of allylic oxidation sites excluding steroid dienone is 2. The molecule has 2 saturated carbocycles. The lowest BCUT2D eigenvalue weighted by atomic mass is 9.51. The first kappa shape index (κ1) is 19.2. The van der Waals surface area contributed by atoms with Gasteiger partial charge in [0, 0.05) is 11.8 Å². The quantitative estimate of drug-likeness (QED) is 0.477. The van der Waals surface area contributed by atoms with Crippen LogP contribution in [-0.4, -0.2) is 17.9 Å². The summed E-state index contributed by atoms with van der Waals surface area (Å²) < 4.78 is 5.87. The first-order chi connectivity index (χ1) is 12.8. The fraction of sp³-hybridized carbons (Fsp3) is 0.833. The molecule has 3 nitrogen and oxygen atoms in total. The summed E-state index contributed by atoms with van der Waals surface area (Å²) >= 11 is 0. The highest BCUT2D eigenvalue weighted by molar-refractivity contribution is 5.88. The predicted molar refractivity (Wildman–Crippen MR) is 106 cm³/mol. The lowest BCUT2D eigenvalue weighted by molar-refractivity contribution is -0.157. The number of fused-ring (bicyclic) bond motifs is 4. The molecule has 4 aliphatic rings. The largest absolute Gasteiger partial charge is 0.462 e. The Bertz CT molecular complexity index is 677. The molecule has 0 radical (unpaired) electrons. The molecule has 0 spiro atoms. The first-order valence-corrected chi connectivity index (χ1v) is 11.3. The molecule has 0 saturated heterocycles. The maximum Gasteiger partial charge on any atom is 0.308 e. The second kappa shape index (κ2) is 6.74. The Morgan fingerprint density at radius 3 is 2.63 bits per heavy atom. The van der Waals surface area contributed by atoms with Crippen molar-refractivity contribution in [3.63, 3.8) is 0 Å². The summed E-state index contributed by atoms with van der Waals surface area (Å²) in [5.74, 6) is 1.63. The van der Waals surface area contributed by atoms with Crippen LogP contribution in [0, 0.1) is 28.6 Å². The third-order valence-corrected chi connectivity index (χ3v) is 8.95. The minimum absolute atomic E-state index is 0.00917. The third-order valence-electron chi connectivity index (χ3n) is 8.95. The Balaban J connectivity index is 1.53. The minimum Gasteiger partial charge on any atom is -0.462 e. The molecule has 2 fully saturated rings. The van der Waals surface area contributed by atoms with Gasteiger partial charge in [-0.3, -0.25) is 9.59 Å². The fourth-order valence-corrected chi connectivity index (χ4v) is 6.76. The molecule has 0 aromatic rings. The molecule has 0 aromatic heterocycles. The summed E-state index contributed by atoms with van der Waals surface area (Å²) in [5.41, 5.74) is 3.54. The Kier molecular flexibility index (Phi) is 4.79. The van der Waals surface area contributed by atoms with Crippen molar-refractivity contribution in [3.8, 4) is 0 Å². The van der Waals surface area contributed by atoms with Crippen molar-refractivity contribution < 1.29 is 14.3 Å². The van der Waals surface area contributed by atoms with Gasteiger partial charge >= 0.3 is 5.97 Å². The number of ether oxygens (including phenoxy) is 1. The summed E-state index contributed by atoms with van der Waals surface area (Å²) in [6.07, 6.45) is 10.5. The first-order valence-electron chi connectivity index (χ1n) is 11.3. The van der Waals surface area contributed by atoms with Crippen LogP contribution in [0.5, 0.6) is 0 Å². The molecule has 0 amide bonds. The van der Waals surface area contributed by atoms with Gasteiger partial charge in [-0.15, -0.1) is 0 Å². The highest BCUT2D eigenvalue weighted by Crippen LogP contribution is 2.62. The van der Waals surface area contributed by atoms with Gasteiger partial charge in [0.05, 0.1) is 5.92 Å². The van der Waals surface area contributed by atoms with Gasteiger partial charge in [-0.1, -0.05) is 38.8 Å². The average Bonchev–Trinajstić information content (AvgIpc) is 2.96. The van der Waals surface area contributed by atoms with Crippen molar-refractivity contribution in [2.45, 2.75) is 98.0 Å². The van der Waals surface area contributed by atoms with Gasteiger partial charge in [0.15, 0.2) is 0 Å². The van der Waals surface area contributed by atoms with Crippen molar-refractivity contribution in [3.05, 3.63) is 11.1 Å². The predicted octanol–water partition coefficient (Wildman–Crippen LogP) is 5.62. The minimum atomic E-state index is -0.0783. The van der Waals surface area contributed by atoms with E-state index in [-0.39, 0.29) is 28.8 Å². The second-order valence-electron chi connectivity index (χ2n) is 10.2. The van der Waals surface area contributed by atoms with E-state index in [1.807, 2.05) is 13.8 Å². The van der Waals surface area contributed by atoms with Crippen LogP contribution < -0.4 is 0 Å². The molecule has 0 aromatic carbocycles. The zero-order valence-corrected chi connectivity index (χ0v) is 17.6. The smallest absolute Gasteiger partial charge is 0.308 e. The normalized spacial score (nSPS) is 42.2. The van der Waals surface area contributed by atoms with Crippen LogP contribution in [0.1, 0.15) is 91.9 Å². The van der Waals surface area contributed by atoms with E-state index in [9.17, 15) is 9.59 Å². The van der Waals surface area contributed by atoms with Crippen molar-refractivity contribution in [2.24, 2.45) is 28.6 Å². The van der Waals surface area contributed by atoms with E-state index in [4.69, 9.17) is 4.74 Å². The van der Waals surface area contributed by atoms with Gasteiger partial charge in [0.2, 0.25) is 0 Å². The molecule has 0 bridgehead atoms. The molecule has 0 N–H and O–H groups in total. The Hall–Kier alpha value is -1.12. The van der Waals surface area contributed by atoms with Crippen molar-refractivity contribution >= 4 is 11.8 Å². The molecular formula is C24H36O3. The number of carbonyl (C=O) groups is 2. The highest BCUT2D eigenvalue weighted by atomic mass is 16.5. The lowest BCUT2D eigenvalue weighted by Crippen LogP contribution is -2.46. The fourth-order valence-electron chi connectivity index (χ4n) is 6.76. The zero-order valence-electron chi connectivity index (χ0n) is 17.6. The number of rotatable bonds is 3. The van der Waals surface area contributed by atoms with Gasteiger partial charge in [0.25, 0.3) is 0 Å². The Labute approximate surface area is 164 Å². The monoisotopic (exact) mass is 372 g/mol. The number of hydrogen-bond acceptors (Lipinski definition) is 3. The third kappa shape index (κ3) is 2.91. The number of carbonyl (C=O) groups excluding carboxylic acids is 2. The van der Waals surface area contributed by atoms with Crippen molar-refractivity contribution in [1.82, 2.24) is 0 Å². The molecule has 0 aliphatic heterocycles. The molecule has 6 unspecified atom stereocenters. The SMILES string of the molecule is CCC(C)C(=O)OC1CCC2(C)C3=C(CCC2C1)C1CCC(=O)C1(C)CC3. The summed E-state index contributed by atoms with van der Waals surface area (Å²) in [6.45, 7) is 8.72.